The van der Waals surface area contributed by atoms with E-state index in [4.69, 9.17) is 27.9 Å². The molecule has 0 amide bonds. The molecule has 0 fully saturated rings. The highest BCUT2D eigenvalue weighted by Crippen LogP contribution is 2.34. The summed E-state index contributed by atoms with van der Waals surface area (Å²) >= 11 is 12.0. The van der Waals surface area contributed by atoms with Gasteiger partial charge in [-0.05, 0) is 18.6 Å². The number of rotatable bonds is 6. The third-order valence-corrected chi connectivity index (χ3v) is 3.34. The van der Waals surface area contributed by atoms with Crippen LogP contribution in [0.4, 0.5) is 0 Å². The molecular weight excluding hydrogens is 278 g/mol. The first kappa shape index (κ1) is 14.8. The Morgan fingerprint density at radius 2 is 1.94 bits per heavy atom. The van der Waals surface area contributed by atoms with Crippen LogP contribution < -0.4 is 4.74 Å². The number of ketones is 1. The van der Waals surface area contributed by atoms with Gasteiger partial charge in [0, 0.05) is 6.42 Å². The molecule has 0 saturated carbocycles. The van der Waals surface area contributed by atoms with Crippen molar-refractivity contribution in [1.29, 1.82) is 0 Å². The first-order chi connectivity index (χ1) is 8.11. The molecule has 0 aromatic heterocycles. The second-order valence-corrected chi connectivity index (χ2v) is 4.88. The Labute approximate surface area is 114 Å². The second-order valence-electron chi connectivity index (χ2n) is 3.57. The molecule has 1 aromatic rings. The van der Waals surface area contributed by atoms with E-state index in [1.54, 1.807) is 12.1 Å². The van der Waals surface area contributed by atoms with Gasteiger partial charge in [0.2, 0.25) is 0 Å². The van der Waals surface area contributed by atoms with Crippen LogP contribution in [0, 0.1) is 0 Å². The highest BCUT2D eigenvalue weighted by Gasteiger charge is 2.18. The molecule has 0 unspecified atom stereocenters. The van der Waals surface area contributed by atoms with Gasteiger partial charge in [0.05, 0.1) is 22.7 Å². The molecule has 1 aromatic carbocycles. The predicted octanol–water partition coefficient (Wildman–Crippen LogP) is 4.50. The van der Waals surface area contributed by atoms with Crippen LogP contribution >= 0.6 is 32.4 Å². The van der Waals surface area contributed by atoms with Crippen molar-refractivity contribution in [2.24, 2.45) is 0 Å². The Balaban J connectivity index is 2.95. The minimum absolute atomic E-state index is 0.0329. The van der Waals surface area contributed by atoms with Crippen molar-refractivity contribution in [2.45, 2.75) is 19.3 Å². The fourth-order valence-electron chi connectivity index (χ4n) is 1.53. The van der Waals surface area contributed by atoms with Crippen LogP contribution in [0.1, 0.15) is 29.6 Å². The van der Waals surface area contributed by atoms with E-state index in [-0.39, 0.29) is 5.78 Å². The number of halogens is 2. The van der Waals surface area contributed by atoms with Crippen molar-refractivity contribution in [3.63, 3.8) is 0 Å². The van der Waals surface area contributed by atoms with E-state index in [0.717, 1.165) is 19.0 Å². The van der Waals surface area contributed by atoms with Crippen LogP contribution in [0.3, 0.4) is 0 Å². The minimum atomic E-state index is -0.0329. The van der Waals surface area contributed by atoms with E-state index in [9.17, 15) is 4.79 Å². The average Bonchev–Trinajstić information content (AvgIpc) is 2.31. The lowest BCUT2D eigenvalue weighted by atomic mass is 10.0. The van der Waals surface area contributed by atoms with Gasteiger partial charge in [-0.1, -0.05) is 29.6 Å². The number of hydrogen-bond acceptors (Lipinski definition) is 2. The lowest BCUT2D eigenvalue weighted by Gasteiger charge is -2.11. The van der Waals surface area contributed by atoms with Gasteiger partial charge in [-0.15, -0.1) is 0 Å². The number of Topliss-reactive ketones (excluding diaryl/α,β-unsaturated/α-hetero) is 1. The van der Waals surface area contributed by atoms with Crippen molar-refractivity contribution in [1.82, 2.24) is 0 Å². The van der Waals surface area contributed by atoms with E-state index < -0.39 is 0 Å². The molecule has 0 aliphatic heterocycles. The van der Waals surface area contributed by atoms with Crippen molar-refractivity contribution in [2.75, 3.05) is 13.3 Å². The monoisotopic (exact) mass is 291 g/mol. The number of carbonyl (C=O) groups is 1. The molecule has 94 valence electrons. The van der Waals surface area contributed by atoms with Crippen molar-refractivity contribution in [3.05, 3.63) is 27.7 Å². The quantitative estimate of drug-likeness (QED) is 0.438. The number of carbonyl (C=O) groups excluding carboxylic acids is 1. The summed E-state index contributed by atoms with van der Waals surface area (Å²) in [6, 6.07) is 3.24. The molecule has 0 spiro atoms. The molecule has 0 saturated heterocycles. The molecule has 0 N–H and O–H groups in total. The standard InChI is InChI=1S/C12H14Cl2O2P/c1-16-12-9(14)6-5-8(13)11(12)10(15)4-2-3-7-17/h5-6,17H,2-4,7H2,1H3/q-1. The van der Waals surface area contributed by atoms with Gasteiger partial charge < -0.3 is 14.0 Å². The predicted molar refractivity (Wildman–Crippen MR) is 74.4 cm³/mol. The molecule has 0 atom stereocenters. The molecule has 0 aliphatic rings. The van der Waals surface area contributed by atoms with Crippen molar-refractivity contribution < 1.29 is 9.53 Å². The first-order valence-corrected chi connectivity index (χ1v) is 6.78. The number of unbranched alkanes of at least 4 members (excludes halogenated alkanes) is 1. The van der Waals surface area contributed by atoms with Gasteiger partial charge in [-0.25, -0.2) is 0 Å². The lowest BCUT2D eigenvalue weighted by molar-refractivity contribution is 0.0977. The number of methoxy groups -OCH3 is 1. The summed E-state index contributed by atoms with van der Waals surface area (Å²) in [5.41, 5.74) is 0.385. The fourth-order valence-corrected chi connectivity index (χ4v) is 2.27. The number of hydrogen-bond donors (Lipinski definition) is 0. The number of ether oxygens (including phenoxy) is 1. The summed E-state index contributed by atoms with van der Waals surface area (Å²) < 4.78 is 5.14. The minimum Gasteiger partial charge on any atom is -0.558 e. The van der Waals surface area contributed by atoms with E-state index >= 15 is 0 Å². The Bertz CT molecular complexity index is 408. The largest absolute Gasteiger partial charge is 0.558 e. The summed E-state index contributed by atoms with van der Waals surface area (Å²) in [7, 11) is 4.85. The molecule has 0 heterocycles. The van der Waals surface area contributed by atoms with Gasteiger partial charge in [0.1, 0.15) is 5.75 Å². The number of benzene rings is 1. The molecule has 1 rings (SSSR count). The zero-order chi connectivity index (χ0) is 12.8. The molecule has 17 heavy (non-hydrogen) atoms. The zero-order valence-corrected chi connectivity index (χ0v) is 12.1. The third kappa shape index (κ3) is 3.84. The Kier molecular flexibility index (Phi) is 6.26. The van der Waals surface area contributed by atoms with Gasteiger partial charge in [-0.2, -0.15) is 6.16 Å². The SMILES string of the molecule is COc1c(Cl)ccc(Cl)c1C(=O)CCCC[PH-]. The molecule has 0 radical (unpaired) electrons. The normalized spacial score (nSPS) is 10.4. The fraction of sp³-hybridized carbons (Fsp3) is 0.417. The van der Waals surface area contributed by atoms with E-state index in [1.807, 2.05) is 0 Å². The smallest absolute Gasteiger partial charge is 0.168 e. The topological polar surface area (TPSA) is 26.3 Å². The average molecular weight is 292 g/mol. The molecular formula is C12H14Cl2O2P-. The Hall–Kier alpha value is -0.300. The third-order valence-electron chi connectivity index (χ3n) is 2.37. The molecule has 2 nitrogen and oxygen atoms in total. The lowest BCUT2D eigenvalue weighted by Crippen LogP contribution is -2.04. The van der Waals surface area contributed by atoms with Crippen LogP contribution in [0.2, 0.25) is 10.0 Å². The van der Waals surface area contributed by atoms with E-state index in [1.165, 1.54) is 7.11 Å². The second kappa shape index (κ2) is 7.20. The summed E-state index contributed by atoms with van der Waals surface area (Å²) in [6.07, 6.45) is 3.09. The summed E-state index contributed by atoms with van der Waals surface area (Å²) in [5.74, 6) is 0.331. The van der Waals surface area contributed by atoms with Crippen LogP contribution in [-0.4, -0.2) is 19.1 Å². The van der Waals surface area contributed by atoms with Crippen LogP contribution in [-0.2, 0) is 0 Å². The van der Waals surface area contributed by atoms with Crippen LogP contribution in [0.5, 0.6) is 5.75 Å². The Morgan fingerprint density at radius 1 is 1.29 bits per heavy atom. The maximum atomic E-state index is 12.0. The van der Waals surface area contributed by atoms with Crippen molar-refractivity contribution in [3.8, 4) is 5.75 Å². The zero-order valence-electron chi connectivity index (χ0n) is 9.56. The first-order valence-electron chi connectivity index (χ1n) is 5.31. The van der Waals surface area contributed by atoms with Crippen LogP contribution in [0.15, 0.2) is 12.1 Å². The highest BCUT2D eigenvalue weighted by molar-refractivity contribution is 7.16. The summed E-state index contributed by atoms with van der Waals surface area (Å²) in [5, 5.41) is 0.787. The highest BCUT2D eigenvalue weighted by atomic mass is 35.5. The maximum absolute atomic E-state index is 12.0. The molecule has 0 bridgehead atoms. The van der Waals surface area contributed by atoms with Crippen molar-refractivity contribution >= 4 is 38.2 Å². The summed E-state index contributed by atoms with van der Waals surface area (Å²) in [6.45, 7) is 0. The van der Waals surface area contributed by atoms with Gasteiger partial charge in [0.25, 0.3) is 0 Å². The van der Waals surface area contributed by atoms with E-state index in [2.05, 4.69) is 9.24 Å². The van der Waals surface area contributed by atoms with Gasteiger partial charge in [-0.3, -0.25) is 4.79 Å². The maximum Gasteiger partial charge on any atom is 0.168 e. The Morgan fingerprint density at radius 3 is 2.53 bits per heavy atom. The van der Waals surface area contributed by atoms with Crippen LogP contribution in [0.25, 0.3) is 0 Å². The van der Waals surface area contributed by atoms with E-state index in [0.29, 0.717) is 27.8 Å². The van der Waals surface area contributed by atoms with Gasteiger partial charge in [0.15, 0.2) is 5.78 Å². The van der Waals surface area contributed by atoms with Gasteiger partial charge >= 0.3 is 0 Å². The molecule has 5 heteroatoms. The molecule has 0 aliphatic carbocycles. The summed E-state index contributed by atoms with van der Waals surface area (Å²) in [4.78, 5) is 12.0.